The molecule has 0 aliphatic rings. The first kappa shape index (κ1) is 17.5. The van der Waals surface area contributed by atoms with Gasteiger partial charge in [-0.2, -0.15) is 5.10 Å². The van der Waals surface area contributed by atoms with Crippen molar-refractivity contribution in [2.24, 2.45) is 5.10 Å². The van der Waals surface area contributed by atoms with Crippen molar-refractivity contribution in [2.75, 3.05) is 13.7 Å². The van der Waals surface area contributed by atoms with Gasteiger partial charge in [0.2, 0.25) is 0 Å². The SMILES string of the molecule is COc1ccc2ccccc2c1/C=N/NC(=O)COc1ccc(C)cc1. The molecule has 5 heteroatoms. The second kappa shape index (κ2) is 8.16. The maximum atomic E-state index is 11.9. The van der Waals surface area contributed by atoms with Crippen molar-refractivity contribution in [1.29, 1.82) is 0 Å². The number of hydrogen-bond donors (Lipinski definition) is 1. The van der Waals surface area contributed by atoms with Crippen LogP contribution in [0.3, 0.4) is 0 Å². The van der Waals surface area contributed by atoms with Crippen molar-refractivity contribution >= 4 is 22.9 Å². The van der Waals surface area contributed by atoms with Crippen LogP contribution in [0.1, 0.15) is 11.1 Å². The number of carbonyl (C=O) groups is 1. The maximum absolute atomic E-state index is 11.9. The molecule has 0 saturated carbocycles. The van der Waals surface area contributed by atoms with E-state index in [0.717, 1.165) is 21.9 Å². The summed E-state index contributed by atoms with van der Waals surface area (Å²) in [6.45, 7) is 1.89. The zero-order chi connectivity index (χ0) is 18.4. The van der Waals surface area contributed by atoms with E-state index in [1.54, 1.807) is 13.3 Å². The molecule has 0 saturated heterocycles. The second-order valence-electron chi connectivity index (χ2n) is 5.80. The number of amides is 1. The molecule has 0 spiro atoms. The number of nitrogens with one attached hydrogen (secondary N) is 1. The lowest BCUT2D eigenvalue weighted by Crippen LogP contribution is -2.24. The standard InChI is InChI=1S/C21H20N2O3/c1-15-7-10-17(11-8-15)26-14-21(24)23-22-13-19-18-6-4-3-5-16(18)9-12-20(19)25-2/h3-13H,14H2,1-2H3,(H,23,24)/b22-13+. The van der Waals surface area contributed by atoms with E-state index in [0.29, 0.717) is 11.5 Å². The Labute approximate surface area is 152 Å². The molecule has 0 bridgehead atoms. The first-order valence-electron chi connectivity index (χ1n) is 8.24. The van der Waals surface area contributed by atoms with Gasteiger partial charge in [-0.1, -0.05) is 48.0 Å². The highest BCUT2D eigenvalue weighted by Crippen LogP contribution is 2.26. The van der Waals surface area contributed by atoms with Crippen molar-refractivity contribution in [3.8, 4) is 11.5 Å². The van der Waals surface area contributed by atoms with E-state index in [1.165, 1.54) is 0 Å². The number of ether oxygens (including phenoxy) is 2. The zero-order valence-electron chi connectivity index (χ0n) is 14.7. The molecule has 0 aliphatic heterocycles. The van der Waals surface area contributed by atoms with E-state index in [-0.39, 0.29) is 12.5 Å². The van der Waals surface area contributed by atoms with Crippen molar-refractivity contribution < 1.29 is 14.3 Å². The van der Waals surface area contributed by atoms with Crippen molar-refractivity contribution in [1.82, 2.24) is 5.43 Å². The molecule has 0 aromatic heterocycles. The van der Waals surface area contributed by atoms with E-state index in [9.17, 15) is 4.79 Å². The van der Waals surface area contributed by atoms with Crippen LogP contribution in [0.15, 0.2) is 65.8 Å². The number of hydrazone groups is 1. The predicted octanol–water partition coefficient (Wildman–Crippen LogP) is 3.69. The van der Waals surface area contributed by atoms with Gasteiger partial charge in [0.15, 0.2) is 6.61 Å². The fraction of sp³-hybridized carbons (Fsp3) is 0.143. The number of hydrogen-bond acceptors (Lipinski definition) is 4. The summed E-state index contributed by atoms with van der Waals surface area (Å²) in [7, 11) is 1.61. The lowest BCUT2D eigenvalue weighted by Gasteiger charge is -2.08. The molecule has 1 N–H and O–H groups in total. The molecule has 1 amide bonds. The fourth-order valence-corrected chi connectivity index (χ4v) is 2.57. The quantitative estimate of drug-likeness (QED) is 0.546. The van der Waals surface area contributed by atoms with E-state index in [1.807, 2.05) is 67.6 Å². The third-order valence-electron chi connectivity index (χ3n) is 3.92. The normalized spacial score (nSPS) is 10.8. The smallest absolute Gasteiger partial charge is 0.277 e. The molecule has 0 heterocycles. The average Bonchev–Trinajstić information content (AvgIpc) is 2.67. The topological polar surface area (TPSA) is 59.9 Å². The van der Waals surface area contributed by atoms with E-state index in [4.69, 9.17) is 9.47 Å². The summed E-state index contributed by atoms with van der Waals surface area (Å²) < 4.78 is 10.8. The molecule has 26 heavy (non-hydrogen) atoms. The van der Waals surface area contributed by atoms with Crippen LogP contribution in [0.25, 0.3) is 10.8 Å². The molecule has 0 unspecified atom stereocenters. The molecule has 0 radical (unpaired) electrons. The van der Waals surface area contributed by atoms with Gasteiger partial charge in [-0.25, -0.2) is 5.43 Å². The highest BCUT2D eigenvalue weighted by atomic mass is 16.5. The molecule has 3 rings (SSSR count). The number of carbonyl (C=O) groups excluding carboxylic acids is 1. The van der Waals surface area contributed by atoms with Crippen LogP contribution in [0.4, 0.5) is 0 Å². The highest BCUT2D eigenvalue weighted by Gasteiger charge is 2.06. The monoisotopic (exact) mass is 348 g/mol. The molecular formula is C21H20N2O3. The predicted molar refractivity (Wildman–Crippen MR) is 103 cm³/mol. The number of methoxy groups -OCH3 is 1. The summed E-state index contributed by atoms with van der Waals surface area (Å²) in [6, 6.07) is 19.3. The molecule has 3 aromatic carbocycles. The van der Waals surface area contributed by atoms with Gasteiger partial charge in [0.25, 0.3) is 5.91 Å². The minimum Gasteiger partial charge on any atom is -0.496 e. The molecule has 0 aliphatic carbocycles. The third-order valence-corrected chi connectivity index (χ3v) is 3.92. The third kappa shape index (κ3) is 4.19. The summed E-state index contributed by atoms with van der Waals surface area (Å²) >= 11 is 0. The summed E-state index contributed by atoms with van der Waals surface area (Å²) in [5.74, 6) is 1.00. The number of rotatable bonds is 6. The van der Waals surface area contributed by atoms with E-state index in [2.05, 4.69) is 10.5 Å². The van der Waals surface area contributed by atoms with Crippen LogP contribution in [0.2, 0.25) is 0 Å². The molecular weight excluding hydrogens is 328 g/mol. The van der Waals surface area contributed by atoms with Gasteiger partial charge in [0, 0.05) is 5.56 Å². The minimum absolute atomic E-state index is 0.104. The van der Waals surface area contributed by atoms with Gasteiger partial charge in [-0.15, -0.1) is 0 Å². The Kier molecular flexibility index (Phi) is 5.49. The molecule has 5 nitrogen and oxygen atoms in total. The first-order valence-corrected chi connectivity index (χ1v) is 8.24. The molecule has 0 fully saturated rings. The van der Waals surface area contributed by atoms with Gasteiger partial charge in [0.05, 0.1) is 13.3 Å². The van der Waals surface area contributed by atoms with Crippen LogP contribution >= 0.6 is 0 Å². The van der Waals surface area contributed by atoms with Gasteiger partial charge in [-0.3, -0.25) is 4.79 Å². The van der Waals surface area contributed by atoms with Gasteiger partial charge in [0.1, 0.15) is 11.5 Å². The number of nitrogens with zero attached hydrogens (tertiary/aromatic N) is 1. The summed E-state index contributed by atoms with van der Waals surface area (Å²) in [5.41, 5.74) is 4.42. The fourth-order valence-electron chi connectivity index (χ4n) is 2.57. The second-order valence-corrected chi connectivity index (χ2v) is 5.80. The minimum atomic E-state index is -0.332. The van der Waals surface area contributed by atoms with Gasteiger partial charge < -0.3 is 9.47 Å². The Balaban J connectivity index is 1.65. The Bertz CT molecular complexity index is 934. The number of benzene rings is 3. The number of aryl methyl sites for hydroxylation is 1. The highest BCUT2D eigenvalue weighted by molar-refractivity contribution is 6.02. The summed E-state index contributed by atoms with van der Waals surface area (Å²) in [5, 5.41) is 6.12. The lowest BCUT2D eigenvalue weighted by atomic mass is 10.0. The van der Waals surface area contributed by atoms with Crippen molar-refractivity contribution in [3.63, 3.8) is 0 Å². The van der Waals surface area contributed by atoms with Crippen LogP contribution in [-0.4, -0.2) is 25.8 Å². The van der Waals surface area contributed by atoms with Gasteiger partial charge >= 0.3 is 0 Å². The summed E-state index contributed by atoms with van der Waals surface area (Å²) in [4.78, 5) is 11.9. The molecule has 132 valence electrons. The average molecular weight is 348 g/mol. The van der Waals surface area contributed by atoms with Gasteiger partial charge in [-0.05, 0) is 35.9 Å². The van der Waals surface area contributed by atoms with Crippen molar-refractivity contribution in [2.45, 2.75) is 6.92 Å². The lowest BCUT2D eigenvalue weighted by molar-refractivity contribution is -0.123. The zero-order valence-corrected chi connectivity index (χ0v) is 14.7. The maximum Gasteiger partial charge on any atom is 0.277 e. The Morgan fingerprint density at radius 2 is 1.85 bits per heavy atom. The Hall–Kier alpha value is -3.34. The molecule has 3 aromatic rings. The van der Waals surface area contributed by atoms with Crippen LogP contribution in [0.5, 0.6) is 11.5 Å². The van der Waals surface area contributed by atoms with E-state index < -0.39 is 0 Å². The first-order chi connectivity index (χ1) is 12.7. The van der Waals surface area contributed by atoms with Crippen molar-refractivity contribution in [3.05, 3.63) is 71.8 Å². The Morgan fingerprint density at radius 3 is 2.62 bits per heavy atom. The van der Waals surface area contributed by atoms with E-state index >= 15 is 0 Å². The van der Waals surface area contributed by atoms with Crippen LogP contribution in [0, 0.1) is 6.92 Å². The van der Waals surface area contributed by atoms with Crippen LogP contribution < -0.4 is 14.9 Å². The number of fused-ring (bicyclic) bond motifs is 1. The Morgan fingerprint density at radius 1 is 1.08 bits per heavy atom. The largest absolute Gasteiger partial charge is 0.496 e. The molecule has 0 atom stereocenters. The van der Waals surface area contributed by atoms with Crippen LogP contribution in [-0.2, 0) is 4.79 Å². The summed E-state index contributed by atoms with van der Waals surface area (Å²) in [6.07, 6.45) is 1.59.